The van der Waals surface area contributed by atoms with Gasteiger partial charge in [0, 0.05) is 12.6 Å². The van der Waals surface area contributed by atoms with Gasteiger partial charge in [-0.25, -0.2) is 0 Å². The number of benzene rings is 1. The Bertz CT molecular complexity index is 773. The number of carboxylic acid groups (broad SMARTS) is 1. The van der Waals surface area contributed by atoms with Crippen LogP contribution in [0.4, 0.5) is 4.79 Å². The zero-order valence-corrected chi connectivity index (χ0v) is 22.6. The van der Waals surface area contributed by atoms with Crippen LogP contribution in [0.1, 0.15) is 101 Å². The number of nitrogens with one attached hydrogen (secondary N) is 1. The van der Waals surface area contributed by atoms with E-state index in [1.807, 2.05) is 6.07 Å². The van der Waals surface area contributed by atoms with E-state index >= 15 is 0 Å². The number of hydrogen-bond acceptors (Lipinski definition) is 3. The molecule has 0 bridgehead atoms. The van der Waals surface area contributed by atoms with Gasteiger partial charge >= 0.3 is 0 Å². The first-order valence-electron chi connectivity index (χ1n) is 12.1. The molecule has 1 fully saturated rings. The highest BCUT2D eigenvalue weighted by Crippen LogP contribution is 2.65. The third kappa shape index (κ3) is 3.77. The second kappa shape index (κ2) is 8.04. The summed E-state index contributed by atoms with van der Waals surface area (Å²) in [5.74, 6) is 0. The maximum absolute atomic E-state index is 13.0. The van der Waals surface area contributed by atoms with Gasteiger partial charge in [0.25, 0.3) is 0 Å². The minimum atomic E-state index is -1.08. The molecular weight excluding hydrogens is 396 g/mol. The second-order valence-electron chi connectivity index (χ2n) is 13.8. The van der Waals surface area contributed by atoms with E-state index in [9.17, 15) is 9.90 Å². The molecule has 1 N–H and O–H groups in total. The van der Waals surface area contributed by atoms with Crippen molar-refractivity contribution in [2.75, 3.05) is 6.54 Å². The lowest BCUT2D eigenvalue weighted by Crippen LogP contribution is -2.87. The molecule has 1 amide bonds. The Labute approximate surface area is 197 Å². The van der Waals surface area contributed by atoms with Crippen molar-refractivity contribution in [3.8, 4) is 0 Å². The Balaban J connectivity index is 3.13. The Hall–Kier alpha value is -1.55. The van der Waals surface area contributed by atoms with Gasteiger partial charge in [-0.15, -0.1) is 0 Å². The van der Waals surface area contributed by atoms with E-state index in [0.29, 0.717) is 13.0 Å². The summed E-state index contributed by atoms with van der Waals surface area (Å²) in [5, 5.41) is 17.2. The van der Waals surface area contributed by atoms with Gasteiger partial charge < -0.3 is 20.1 Å². The molecule has 1 heterocycles. The molecule has 1 saturated heterocycles. The van der Waals surface area contributed by atoms with E-state index in [1.165, 1.54) is 5.56 Å². The summed E-state index contributed by atoms with van der Waals surface area (Å²) in [4.78, 5) is 14.7. The van der Waals surface area contributed by atoms with Crippen LogP contribution in [-0.2, 0) is 0 Å². The van der Waals surface area contributed by atoms with Crippen molar-refractivity contribution in [2.24, 2.45) is 21.7 Å². The fourth-order valence-electron chi connectivity index (χ4n) is 7.93. The van der Waals surface area contributed by atoms with Crippen LogP contribution in [-0.4, -0.2) is 28.6 Å². The summed E-state index contributed by atoms with van der Waals surface area (Å²) >= 11 is 0. The maximum Gasteiger partial charge on any atom is 0.137 e. The van der Waals surface area contributed by atoms with Crippen LogP contribution in [0.25, 0.3) is 0 Å². The van der Waals surface area contributed by atoms with Gasteiger partial charge in [0.1, 0.15) is 6.09 Å². The first kappa shape index (κ1) is 26.7. The summed E-state index contributed by atoms with van der Waals surface area (Å²) in [6.07, 6.45) is -0.386. The SMILES string of the molecule is CC(C)(C)C1(C(C)(C)C)NC(c2ccccc2)CCN(C(=O)[O-])C1(C(C)(C)C)C(C)(C)C. The van der Waals surface area contributed by atoms with Crippen LogP contribution in [0, 0.1) is 21.7 Å². The molecule has 4 nitrogen and oxygen atoms in total. The van der Waals surface area contributed by atoms with Crippen molar-refractivity contribution in [1.29, 1.82) is 0 Å². The molecule has 32 heavy (non-hydrogen) atoms. The molecule has 182 valence electrons. The standard InChI is InChI=1S/C28H48N2O2/c1-23(2,3)27(24(4,5)6)28(25(7,8)9,26(10,11)12)30(22(31)32)19-18-21(29-27)20-16-14-13-15-17-20/h13-17,21,29H,18-19H2,1-12H3,(H,31,32)/p-1. The molecular formula is C28H47N2O2-. The monoisotopic (exact) mass is 443 g/mol. The van der Waals surface area contributed by atoms with Crippen molar-refractivity contribution in [1.82, 2.24) is 10.2 Å². The second-order valence-corrected chi connectivity index (χ2v) is 13.8. The van der Waals surface area contributed by atoms with Crippen LogP contribution in [0.3, 0.4) is 0 Å². The minimum Gasteiger partial charge on any atom is -0.530 e. The molecule has 4 heteroatoms. The van der Waals surface area contributed by atoms with E-state index in [1.54, 1.807) is 4.90 Å². The summed E-state index contributed by atoms with van der Waals surface area (Å²) in [5.41, 5.74) is -1.50. The highest BCUT2D eigenvalue weighted by atomic mass is 16.4. The average molecular weight is 444 g/mol. The van der Waals surface area contributed by atoms with Crippen LogP contribution in [0.2, 0.25) is 0 Å². The van der Waals surface area contributed by atoms with Crippen molar-refractivity contribution in [2.45, 2.75) is 107 Å². The number of hydrogen-bond donors (Lipinski definition) is 1. The van der Waals surface area contributed by atoms with Crippen LogP contribution in [0.5, 0.6) is 0 Å². The normalized spacial score (nSPS) is 22.4. The van der Waals surface area contributed by atoms with Gasteiger partial charge in [-0.3, -0.25) is 0 Å². The predicted octanol–water partition coefficient (Wildman–Crippen LogP) is 6.03. The molecule has 0 aliphatic carbocycles. The molecule has 1 aliphatic heterocycles. The zero-order valence-electron chi connectivity index (χ0n) is 22.6. The minimum absolute atomic E-state index is 0.0306. The summed E-state index contributed by atoms with van der Waals surface area (Å²) in [6, 6.07) is 10.5. The van der Waals surface area contributed by atoms with Crippen molar-refractivity contribution < 1.29 is 9.90 Å². The lowest BCUT2D eigenvalue weighted by Gasteiger charge is -2.74. The number of carbonyl (C=O) groups is 1. The lowest BCUT2D eigenvalue weighted by atomic mass is 9.40. The van der Waals surface area contributed by atoms with E-state index in [4.69, 9.17) is 0 Å². The third-order valence-corrected chi connectivity index (χ3v) is 7.82. The highest BCUT2D eigenvalue weighted by Gasteiger charge is 2.74. The van der Waals surface area contributed by atoms with Crippen molar-refractivity contribution in [3.05, 3.63) is 35.9 Å². The fraction of sp³-hybridized carbons (Fsp3) is 0.750. The Morgan fingerprint density at radius 3 is 1.62 bits per heavy atom. The molecule has 2 rings (SSSR count). The number of carbonyl (C=O) groups excluding carboxylic acids is 1. The van der Waals surface area contributed by atoms with Gasteiger partial charge in [-0.1, -0.05) is 113 Å². The smallest absolute Gasteiger partial charge is 0.137 e. The van der Waals surface area contributed by atoms with E-state index < -0.39 is 17.2 Å². The highest BCUT2D eigenvalue weighted by molar-refractivity contribution is 5.65. The molecule has 0 spiro atoms. The summed E-state index contributed by atoms with van der Waals surface area (Å²) in [6.45, 7) is 27.2. The first-order valence-corrected chi connectivity index (χ1v) is 12.1. The average Bonchev–Trinajstić information content (AvgIpc) is 2.77. The lowest BCUT2D eigenvalue weighted by molar-refractivity contribution is -0.294. The summed E-state index contributed by atoms with van der Waals surface area (Å²) in [7, 11) is 0. The largest absolute Gasteiger partial charge is 0.530 e. The van der Waals surface area contributed by atoms with Crippen LogP contribution < -0.4 is 10.4 Å². The molecule has 1 unspecified atom stereocenters. The number of rotatable bonds is 1. The zero-order chi connectivity index (χ0) is 25.0. The van der Waals surface area contributed by atoms with Crippen molar-refractivity contribution >= 4 is 6.09 Å². The maximum atomic E-state index is 13.0. The van der Waals surface area contributed by atoms with Gasteiger partial charge in [0.05, 0.1) is 11.1 Å². The van der Waals surface area contributed by atoms with Crippen molar-refractivity contribution in [3.63, 3.8) is 0 Å². The molecule has 1 aromatic carbocycles. The van der Waals surface area contributed by atoms with E-state index in [2.05, 4.69) is 113 Å². The first-order chi connectivity index (χ1) is 14.3. The van der Waals surface area contributed by atoms with Gasteiger partial charge in [-0.2, -0.15) is 0 Å². The topological polar surface area (TPSA) is 55.4 Å². The molecule has 1 atom stereocenters. The van der Waals surface area contributed by atoms with E-state index in [-0.39, 0.29) is 27.7 Å². The van der Waals surface area contributed by atoms with E-state index in [0.717, 1.165) is 0 Å². The Morgan fingerprint density at radius 2 is 1.28 bits per heavy atom. The predicted molar refractivity (Wildman–Crippen MR) is 132 cm³/mol. The Morgan fingerprint density at radius 1 is 0.844 bits per heavy atom. The van der Waals surface area contributed by atoms with Gasteiger partial charge in [0.15, 0.2) is 0 Å². The Kier molecular flexibility index (Phi) is 6.71. The molecule has 1 aromatic rings. The van der Waals surface area contributed by atoms with Crippen LogP contribution in [0.15, 0.2) is 30.3 Å². The third-order valence-electron chi connectivity index (χ3n) is 7.82. The number of nitrogens with zero attached hydrogens (tertiary/aromatic N) is 1. The molecule has 0 saturated carbocycles. The van der Waals surface area contributed by atoms with Crippen LogP contribution >= 0.6 is 0 Å². The summed E-state index contributed by atoms with van der Waals surface area (Å²) < 4.78 is 0. The van der Waals surface area contributed by atoms with Gasteiger partial charge in [-0.05, 0) is 33.6 Å². The van der Waals surface area contributed by atoms with Gasteiger partial charge in [0.2, 0.25) is 0 Å². The molecule has 0 aromatic heterocycles. The quantitative estimate of drug-likeness (QED) is 0.577. The number of amides is 1. The fourth-order valence-corrected chi connectivity index (χ4v) is 7.93. The molecule has 0 radical (unpaired) electrons. The molecule has 1 aliphatic rings.